The van der Waals surface area contributed by atoms with Crippen molar-refractivity contribution >= 4 is 39.3 Å². The van der Waals surface area contributed by atoms with Gasteiger partial charge in [0.1, 0.15) is 11.6 Å². The van der Waals surface area contributed by atoms with Crippen molar-refractivity contribution in [3.63, 3.8) is 0 Å². The molecule has 1 aromatic heterocycles. The van der Waals surface area contributed by atoms with Crippen molar-refractivity contribution in [2.45, 2.75) is 0 Å². The molecule has 24 heavy (non-hydrogen) atoms. The highest BCUT2D eigenvalue weighted by atomic mass is 79.9. The molecule has 0 atom stereocenters. The first-order valence-corrected chi connectivity index (χ1v) is 8.81. The van der Waals surface area contributed by atoms with Crippen LogP contribution in [0.4, 0.5) is 5.82 Å². The molecule has 2 heterocycles. The predicted octanol–water partition coefficient (Wildman–Crippen LogP) is 3.23. The molecule has 0 spiro atoms. The monoisotopic (exact) mass is 409 g/mol. The van der Waals surface area contributed by atoms with E-state index in [2.05, 4.69) is 25.8 Å². The zero-order valence-corrected chi connectivity index (χ0v) is 15.3. The van der Waals surface area contributed by atoms with E-state index >= 15 is 0 Å². The van der Waals surface area contributed by atoms with Crippen LogP contribution in [-0.2, 0) is 4.79 Å². The van der Waals surface area contributed by atoms with Crippen LogP contribution >= 0.6 is 27.5 Å². The van der Waals surface area contributed by atoms with E-state index in [1.165, 1.54) is 0 Å². The summed E-state index contributed by atoms with van der Waals surface area (Å²) >= 11 is 9.23. The molecule has 0 saturated carbocycles. The maximum absolute atomic E-state index is 12.3. The smallest absolute Gasteiger partial charge is 0.260 e. The largest absolute Gasteiger partial charge is 0.484 e. The van der Waals surface area contributed by atoms with Gasteiger partial charge in [0.2, 0.25) is 0 Å². The third-order valence-electron chi connectivity index (χ3n) is 3.84. The molecule has 126 valence electrons. The SMILES string of the molecule is O=C(COc1ccc(Br)cc1)N1CCN(c2ccc(Cl)cn2)CC1. The van der Waals surface area contributed by atoms with Crippen LogP contribution < -0.4 is 9.64 Å². The quantitative estimate of drug-likeness (QED) is 0.776. The molecule has 1 aliphatic heterocycles. The van der Waals surface area contributed by atoms with E-state index in [1.807, 2.05) is 41.3 Å². The van der Waals surface area contributed by atoms with Crippen LogP contribution in [0.2, 0.25) is 5.02 Å². The van der Waals surface area contributed by atoms with Gasteiger partial charge >= 0.3 is 0 Å². The number of ether oxygens (including phenoxy) is 1. The Labute approximate surface area is 154 Å². The summed E-state index contributed by atoms with van der Waals surface area (Å²) < 4.78 is 6.53. The fourth-order valence-corrected chi connectivity index (χ4v) is 2.88. The van der Waals surface area contributed by atoms with Gasteiger partial charge in [0.25, 0.3) is 5.91 Å². The van der Waals surface area contributed by atoms with E-state index < -0.39 is 0 Å². The highest BCUT2D eigenvalue weighted by Crippen LogP contribution is 2.18. The third-order valence-corrected chi connectivity index (χ3v) is 4.60. The minimum absolute atomic E-state index is 0.00151. The lowest BCUT2D eigenvalue weighted by atomic mass is 10.3. The topological polar surface area (TPSA) is 45.7 Å². The second-order valence-corrected chi connectivity index (χ2v) is 6.80. The second-order valence-electron chi connectivity index (χ2n) is 5.45. The number of halogens is 2. The molecule has 0 bridgehead atoms. The Hall–Kier alpha value is -1.79. The zero-order valence-electron chi connectivity index (χ0n) is 13.0. The Morgan fingerprint density at radius 2 is 1.83 bits per heavy atom. The molecule has 3 rings (SSSR count). The second kappa shape index (κ2) is 7.85. The molecule has 0 radical (unpaired) electrons. The van der Waals surface area contributed by atoms with E-state index in [-0.39, 0.29) is 12.5 Å². The average molecular weight is 411 g/mol. The lowest BCUT2D eigenvalue weighted by Crippen LogP contribution is -2.50. The molecular weight excluding hydrogens is 394 g/mol. The Morgan fingerprint density at radius 1 is 1.12 bits per heavy atom. The van der Waals surface area contributed by atoms with Crippen LogP contribution in [0.1, 0.15) is 0 Å². The van der Waals surface area contributed by atoms with Crippen LogP contribution in [0.3, 0.4) is 0 Å². The van der Waals surface area contributed by atoms with Gasteiger partial charge in [0.15, 0.2) is 6.61 Å². The van der Waals surface area contributed by atoms with E-state index in [1.54, 1.807) is 6.20 Å². The summed E-state index contributed by atoms with van der Waals surface area (Å²) in [6.07, 6.45) is 1.64. The van der Waals surface area contributed by atoms with E-state index in [0.717, 1.165) is 23.4 Å². The van der Waals surface area contributed by atoms with Gasteiger partial charge in [-0.2, -0.15) is 0 Å². The van der Waals surface area contributed by atoms with Gasteiger partial charge in [-0.05, 0) is 36.4 Å². The number of carbonyl (C=O) groups excluding carboxylic acids is 1. The molecule has 7 heteroatoms. The Kier molecular flexibility index (Phi) is 5.58. The van der Waals surface area contributed by atoms with Crippen molar-refractivity contribution in [3.05, 3.63) is 52.1 Å². The summed E-state index contributed by atoms with van der Waals surface area (Å²) in [6.45, 7) is 2.87. The highest BCUT2D eigenvalue weighted by Gasteiger charge is 2.22. The van der Waals surface area contributed by atoms with Crippen LogP contribution in [0.15, 0.2) is 47.1 Å². The van der Waals surface area contributed by atoms with Crippen LogP contribution in [0.5, 0.6) is 5.75 Å². The highest BCUT2D eigenvalue weighted by molar-refractivity contribution is 9.10. The molecule has 0 aliphatic carbocycles. The molecule has 0 unspecified atom stereocenters. The summed E-state index contributed by atoms with van der Waals surface area (Å²) in [5, 5.41) is 0.623. The molecule has 1 aromatic carbocycles. The molecule has 0 N–H and O–H groups in total. The fourth-order valence-electron chi connectivity index (χ4n) is 2.51. The number of piperazine rings is 1. The minimum atomic E-state index is 0.00151. The lowest BCUT2D eigenvalue weighted by Gasteiger charge is -2.35. The number of rotatable bonds is 4. The normalized spacial score (nSPS) is 14.6. The first-order chi connectivity index (χ1) is 11.6. The van der Waals surface area contributed by atoms with Crippen molar-refractivity contribution in [2.24, 2.45) is 0 Å². The molecular formula is C17H17BrClN3O2. The van der Waals surface area contributed by atoms with Crippen molar-refractivity contribution < 1.29 is 9.53 Å². The van der Waals surface area contributed by atoms with E-state index in [4.69, 9.17) is 16.3 Å². The number of nitrogens with zero attached hydrogens (tertiary/aromatic N) is 3. The Bertz CT molecular complexity index is 686. The van der Waals surface area contributed by atoms with Gasteiger partial charge in [-0.3, -0.25) is 4.79 Å². The van der Waals surface area contributed by atoms with Gasteiger partial charge in [0, 0.05) is 36.8 Å². The minimum Gasteiger partial charge on any atom is -0.484 e. The van der Waals surface area contributed by atoms with Crippen LogP contribution in [0, 0.1) is 0 Å². The summed E-state index contributed by atoms with van der Waals surface area (Å²) in [7, 11) is 0. The molecule has 1 saturated heterocycles. The predicted molar refractivity (Wildman–Crippen MR) is 97.7 cm³/mol. The van der Waals surface area contributed by atoms with Crippen molar-refractivity contribution in [1.82, 2.24) is 9.88 Å². The van der Waals surface area contributed by atoms with Gasteiger partial charge in [0.05, 0.1) is 5.02 Å². The van der Waals surface area contributed by atoms with Gasteiger partial charge in [-0.25, -0.2) is 4.98 Å². The molecule has 1 aliphatic rings. The van der Waals surface area contributed by atoms with Gasteiger partial charge < -0.3 is 14.5 Å². The summed E-state index contributed by atoms with van der Waals surface area (Å²) in [4.78, 5) is 20.6. The molecule has 5 nitrogen and oxygen atoms in total. The first-order valence-electron chi connectivity index (χ1n) is 7.64. The van der Waals surface area contributed by atoms with Crippen molar-refractivity contribution in [2.75, 3.05) is 37.7 Å². The number of amides is 1. The Morgan fingerprint density at radius 3 is 2.46 bits per heavy atom. The maximum atomic E-state index is 12.3. The average Bonchev–Trinajstić information content (AvgIpc) is 2.62. The maximum Gasteiger partial charge on any atom is 0.260 e. The number of hydrogen-bond donors (Lipinski definition) is 0. The van der Waals surface area contributed by atoms with Crippen LogP contribution in [0.25, 0.3) is 0 Å². The molecule has 1 fully saturated rings. The van der Waals surface area contributed by atoms with E-state index in [9.17, 15) is 4.79 Å². The van der Waals surface area contributed by atoms with Crippen molar-refractivity contribution in [1.29, 1.82) is 0 Å². The lowest BCUT2D eigenvalue weighted by molar-refractivity contribution is -0.133. The standard InChI is InChI=1S/C17H17BrClN3O2/c18-13-1-4-15(5-2-13)24-12-17(23)22-9-7-21(8-10-22)16-6-3-14(19)11-20-16/h1-6,11H,7-10,12H2. The number of benzene rings is 1. The number of hydrogen-bond acceptors (Lipinski definition) is 4. The Balaban J connectivity index is 1.48. The summed E-state index contributed by atoms with van der Waals surface area (Å²) in [6, 6.07) is 11.2. The third kappa shape index (κ3) is 4.39. The number of pyridine rings is 1. The zero-order chi connectivity index (χ0) is 16.9. The number of anilines is 1. The molecule has 2 aromatic rings. The first kappa shape index (κ1) is 17.0. The summed E-state index contributed by atoms with van der Waals surface area (Å²) in [5.41, 5.74) is 0. The fraction of sp³-hybridized carbons (Fsp3) is 0.294. The number of aromatic nitrogens is 1. The van der Waals surface area contributed by atoms with Crippen molar-refractivity contribution in [3.8, 4) is 5.75 Å². The molecule has 1 amide bonds. The van der Waals surface area contributed by atoms with Gasteiger partial charge in [-0.15, -0.1) is 0 Å². The van der Waals surface area contributed by atoms with Gasteiger partial charge in [-0.1, -0.05) is 27.5 Å². The summed E-state index contributed by atoms with van der Waals surface area (Å²) in [5.74, 6) is 1.58. The van der Waals surface area contributed by atoms with Crippen LogP contribution in [-0.4, -0.2) is 48.6 Å². The number of carbonyl (C=O) groups is 1. The van der Waals surface area contributed by atoms with E-state index in [0.29, 0.717) is 23.9 Å².